The van der Waals surface area contributed by atoms with E-state index in [-0.39, 0.29) is 0 Å². The molecular weight excluding hydrogens is 208 g/mol. The Kier molecular flexibility index (Phi) is 5.79. The summed E-state index contributed by atoms with van der Waals surface area (Å²) in [6, 6.07) is 0.835. The first-order chi connectivity index (χ1) is 8.38. The number of hydrogen-bond acceptors (Lipinski definition) is 2. The summed E-state index contributed by atoms with van der Waals surface area (Å²) in [5, 5.41) is 3.76. The van der Waals surface area contributed by atoms with E-state index in [0.29, 0.717) is 0 Å². The van der Waals surface area contributed by atoms with E-state index in [1.165, 1.54) is 77.5 Å². The second kappa shape index (κ2) is 7.38. The molecule has 0 bridgehead atoms. The van der Waals surface area contributed by atoms with Crippen molar-refractivity contribution >= 4 is 0 Å². The molecule has 1 aliphatic heterocycles. The van der Waals surface area contributed by atoms with Crippen LogP contribution in [0.15, 0.2) is 0 Å². The lowest BCUT2D eigenvalue weighted by Crippen LogP contribution is -2.34. The minimum atomic E-state index is 0.835. The maximum absolute atomic E-state index is 3.76. The first-order valence-corrected chi connectivity index (χ1v) is 7.84. The van der Waals surface area contributed by atoms with Crippen LogP contribution in [0.4, 0.5) is 0 Å². The molecule has 17 heavy (non-hydrogen) atoms. The quantitative estimate of drug-likeness (QED) is 0.716. The summed E-state index contributed by atoms with van der Waals surface area (Å²) in [6.45, 7) is 7.58. The molecule has 0 aromatic rings. The van der Waals surface area contributed by atoms with Gasteiger partial charge < -0.3 is 10.2 Å². The highest BCUT2D eigenvalue weighted by Gasteiger charge is 2.22. The minimum absolute atomic E-state index is 0.835. The molecule has 1 saturated carbocycles. The van der Waals surface area contributed by atoms with Gasteiger partial charge in [0.05, 0.1) is 0 Å². The first kappa shape index (κ1) is 13.4. The SMILES string of the molecule is CCC1CCC(NCCCN2CCCCC2)C1. The molecule has 0 spiro atoms. The Labute approximate surface area is 107 Å². The van der Waals surface area contributed by atoms with Crippen molar-refractivity contribution in [3.8, 4) is 0 Å². The smallest absolute Gasteiger partial charge is 0.00698 e. The van der Waals surface area contributed by atoms with Crippen LogP contribution in [0.25, 0.3) is 0 Å². The molecule has 2 unspecified atom stereocenters. The monoisotopic (exact) mass is 238 g/mol. The van der Waals surface area contributed by atoms with Gasteiger partial charge in [-0.15, -0.1) is 0 Å². The van der Waals surface area contributed by atoms with Gasteiger partial charge in [0.15, 0.2) is 0 Å². The molecule has 0 aromatic heterocycles. The van der Waals surface area contributed by atoms with Gasteiger partial charge in [-0.05, 0) is 70.6 Å². The van der Waals surface area contributed by atoms with Gasteiger partial charge in [-0.1, -0.05) is 19.8 Å². The number of piperidine rings is 1. The molecule has 2 rings (SSSR count). The molecule has 1 heterocycles. The summed E-state index contributed by atoms with van der Waals surface area (Å²) < 4.78 is 0. The van der Waals surface area contributed by atoms with Gasteiger partial charge in [-0.3, -0.25) is 0 Å². The Bertz CT molecular complexity index is 199. The molecule has 1 N–H and O–H groups in total. The van der Waals surface area contributed by atoms with E-state index in [1.807, 2.05) is 0 Å². The number of nitrogens with zero attached hydrogens (tertiary/aromatic N) is 1. The minimum Gasteiger partial charge on any atom is -0.314 e. The third kappa shape index (κ3) is 4.59. The van der Waals surface area contributed by atoms with Crippen molar-refractivity contribution in [1.82, 2.24) is 10.2 Å². The molecule has 2 fully saturated rings. The molecule has 2 atom stereocenters. The average Bonchev–Trinajstić information content (AvgIpc) is 2.84. The topological polar surface area (TPSA) is 15.3 Å². The van der Waals surface area contributed by atoms with E-state index in [2.05, 4.69) is 17.1 Å². The normalized spacial score (nSPS) is 30.9. The number of hydrogen-bond donors (Lipinski definition) is 1. The highest BCUT2D eigenvalue weighted by atomic mass is 15.1. The molecule has 1 aliphatic carbocycles. The summed E-state index contributed by atoms with van der Waals surface area (Å²) in [4.78, 5) is 2.65. The fourth-order valence-electron chi connectivity index (χ4n) is 3.42. The van der Waals surface area contributed by atoms with Gasteiger partial charge in [0.1, 0.15) is 0 Å². The Morgan fingerprint density at radius 1 is 1.12 bits per heavy atom. The fourth-order valence-corrected chi connectivity index (χ4v) is 3.42. The van der Waals surface area contributed by atoms with Crippen molar-refractivity contribution in [2.45, 2.75) is 64.3 Å². The largest absolute Gasteiger partial charge is 0.314 e. The van der Waals surface area contributed by atoms with Crippen LogP contribution < -0.4 is 5.32 Å². The highest BCUT2D eigenvalue weighted by molar-refractivity contribution is 4.79. The van der Waals surface area contributed by atoms with E-state index >= 15 is 0 Å². The molecule has 2 nitrogen and oxygen atoms in total. The zero-order valence-electron chi connectivity index (χ0n) is 11.6. The summed E-state index contributed by atoms with van der Waals surface area (Å²) in [6.07, 6.45) is 11.3. The van der Waals surface area contributed by atoms with Crippen LogP contribution in [0, 0.1) is 5.92 Å². The van der Waals surface area contributed by atoms with Crippen molar-refractivity contribution in [2.24, 2.45) is 5.92 Å². The molecule has 100 valence electrons. The molecule has 2 aliphatic rings. The fraction of sp³-hybridized carbons (Fsp3) is 1.00. The lowest BCUT2D eigenvalue weighted by atomic mass is 10.1. The van der Waals surface area contributed by atoms with Crippen molar-refractivity contribution in [3.05, 3.63) is 0 Å². The first-order valence-electron chi connectivity index (χ1n) is 7.84. The predicted molar refractivity (Wildman–Crippen MR) is 74.3 cm³/mol. The summed E-state index contributed by atoms with van der Waals surface area (Å²) >= 11 is 0. The number of rotatable bonds is 6. The summed E-state index contributed by atoms with van der Waals surface area (Å²) in [7, 11) is 0. The van der Waals surface area contributed by atoms with Crippen LogP contribution in [0.1, 0.15) is 58.3 Å². The van der Waals surface area contributed by atoms with Gasteiger partial charge in [0, 0.05) is 6.04 Å². The third-order valence-corrected chi connectivity index (χ3v) is 4.65. The third-order valence-electron chi connectivity index (χ3n) is 4.65. The highest BCUT2D eigenvalue weighted by Crippen LogP contribution is 2.27. The van der Waals surface area contributed by atoms with E-state index in [9.17, 15) is 0 Å². The standard InChI is InChI=1S/C15H30N2/c1-2-14-7-8-15(13-14)16-9-6-12-17-10-4-3-5-11-17/h14-16H,2-13H2,1H3. The predicted octanol–water partition coefficient (Wildman–Crippen LogP) is 3.03. The second-order valence-electron chi connectivity index (χ2n) is 5.99. The van der Waals surface area contributed by atoms with Crippen LogP contribution in [0.3, 0.4) is 0 Å². The van der Waals surface area contributed by atoms with E-state index in [4.69, 9.17) is 0 Å². The maximum atomic E-state index is 3.76. The molecule has 0 amide bonds. The summed E-state index contributed by atoms with van der Waals surface area (Å²) in [5.74, 6) is 1.01. The maximum Gasteiger partial charge on any atom is 0.00698 e. The lowest BCUT2D eigenvalue weighted by Gasteiger charge is -2.26. The van der Waals surface area contributed by atoms with Crippen LogP contribution in [-0.4, -0.2) is 37.1 Å². The van der Waals surface area contributed by atoms with Gasteiger partial charge in [-0.2, -0.15) is 0 Å². The van der Waals surface area contributed by atoms with E-state index in [0.717, 1.165) is 12.0 Å². The molecule has 2 heteroatoms. The Morgan fingerprint density at radius 3 is 2.65 bits per heavy atom. The second-order valence-corrected chi connectivity index (χ2v) is 5.99. The van der Waals surface area contributed by atoms with E-state index < -0.39 is 0 Å². The van der Waals surface area contributed by atoms with Crippen molar-refractivity contribution in [1.29, 1.82) is 0 Å². The van der Waals surface area contributed by atoms with Gasteiger partial charge in [0.2, 0.25) is 0 Å². The van der Waals surface area contributed by atoms with Gasteiger partial charge in [0.25, 0.3) is 0 Å². The molecule has 0 aromatic carbocycles. The average molecular weight is 238 g/mol. The molecular formula is C15H30N2. The molecule has 0 radical (unpaired) electrons. The van der Waals surface area contributed by atoms with Crippen LogP contribution in [0.2, 0.25) is 0 Å². The Hall–Kier alpha value is -0.0800. The number of likely N-dealkylation sites (tertiary alicyclic amines) is 1. The van der Waals surface area contributed by atoms with E-state index in [1.54, 1.807) is 0 Å². The zero-order chi connectivity index (χ0) is 11.9. The molecule has 1 saturated heterocycles. The van der Waals surface area contributed by atoms with Gasteiger partial charge in [-0.25, -0.2) is 0 Å². The number of nitrogens with one attached hydrogen (secondary N) is 1. The Balaban J connectivity index is 1.48. The van der Waals surface area contributed by atoms with Gasteiger partial charge >= 0.3 is 0 Å². The van der Waals surface area contributed by atoms with Crippen LogP contribution in [0.5, 0.6) is 0 Å². The lowest BCUT2D eigenvalue weighted by molar-refractivity contribution is 0.224. The Morgan fingerprint density at radius 2 is 1.94 bits per heavy atom. The van der Waals surface area contributed by atoms with Crippen molar-refractivity contribution < 1.29 is 0 Å². The van der Waals surface area contributed by atoms with Crippen molar-refractivity contribution in [2.75, 3.05) is 26.2 Å². The van der Waals surface area contributed by atoms with Crippen LogP contribution >= 0.6 is 0 Å². The zero-order valence-corrected chi connectivity index (χ0v) is 11.6. The summed E-state index contributed by atoms with van der Waals surface area (Å²) in [5.41, 5.74) is 0. The van der Waals surface area contributed by atoms with Crippen molar-refractivity contribution in [3.63, 3.8) is 0 Å². The van der Waals surface area contributed by atoms with Crippen LogP contribution in [-0.2, 0) is 0 Å².